The predicted molar refractivity (Wildman–Crippen MR) is 155 cm³/mol. The summed E-state index contributed by atoms with van der Waals surface area (Å²) in [6, 6.07) is 15.4. The van der Waals surface area contributed by atoms with Gasteiger partial charge in [0.1, 0.15) is 17.2 Å². The summed E-state index contributed by atoms with van der Waals surface area (Å²) in [5, 5.41) is 10.2. The molecule has 0 fully saturated rings. The highest BCUT2D eigenvalue weighted by Gasteiger charge is 2.23. The Labute approximate surface area is 238 Å². The zero-order chi connectivity index (χ0) is 29.1. The Morgan fingerprint density at radius 1 is 1.02 bits per heavy atom. The second-order valence-electron chi connectivity index (χ2n) is 10.6. The van der Waals surface area contributed by atoms with E-state index < -0.39 is 23.1 Å². The Morgan fingerprint density at radius 3 is 2.49 bits per heavy atom. The van der Waals surface area contributed by atoms with E-state index in [9.17, 15) is 14.0 Å². The molecule has 0 aliphatic heterocycles. The second kappa shape index (κ2) is 9.74. The van der Waals surface area contributed by atoms with E-state index in [0.717, 1.165) is 16.0 Å². The van der Waals surface area contributed by atoms with Crippen LogP contribution in [0.25, 0.3) is 38.4 Å². The minimum atomic E-state index is -0.726. The van der Waals surface area contributed by atoms with Gasteiger partial charge in [0.2, 0.25) is 0 Å². The van der Waals surface area contributed by atoms with Crippen molar-refractivity contribution >= 4 is 50.4 Å². The van der Waals surface area contributed by atoms with Gasteiger partial charge in [-0.2, -0.15) is 14.9 Å². The number of benzene rings is 3. The summed E-state index contributed by atoms with van der Waals surface area (Å²) in [4.78, 5) is 26.9. The molecule has 9 nitrogen and oxygen atoms in total. The highest BCUT2D eigenvalue weighted by molar-refractivity contribution is 6.31. The molecule has 0 aliphatic carbocycles. The van der Waals surface area contributed by atoms with Crippen LogP contribution in [0.1, 0.15) is 26.3 Å². The van der Waals surface area contributed by atoms with Gasteiger partial charge in [0, 0.05) is 22.4 Å². The Balaban J connectivity index is 1.57. The van der Waals surface area contributed by atoms with Crippen molar-refractivity contribution in [2.24, 2.45) is 0 Å². The van der Waals surface area contributed by atoms with E-state index >= 15 is 0 Å². The van der Waals surface area contributed by atoms with Crippen LogP contribution in [0.15, 0.2) is 71.8 Å². The minimum absolute atomic E-state index is 0.132. The first-order valence-electron chi connectivity index (χ1n) is 12.8. The molecule has 0 radical (unpaired) electrons. The van der Waals surface area contributed by atoms with E-state index in [1.54, 1.807) is 57.0 Å². The van der Waals surface area contributed by atoms with E-state index in [1.807, 2.05) is 24.3 Å². The lowest BCUT2D eigenvalue weighted by Gasteiger charge is -2.19. The highest BCUT2D eigenvalue weighted by atomic mass is 35.5. The van der Waals surface area contributed by atoms with E-state index in [4.69, 9.17) is 21.1 Å². The van der Waals surface area contributed by atoms with Gasteiger partial charge in [-0.05, 0) is 62.7 Å². The van der Waals surface area contributed by atoms with Crippen molar-refractivity contribution < 1.29 is 18.7 Å². The van der Waals surface area contributed by atoms with Gasteiger partial charge in [-0.1, -0.05) is 29.8 Å². The maximum atomic E-state index is 14.8. The van der Waals surface area contributed by atoms with Gasteiger partial charge < -0.3 is 9.47 Å². The first-order chi connectivity index (χ1) is 19.5. The lowest BCUT2D eigenvalue weighted by molar-refractivity contribution is 0.0522. The third-order valence-electron chi connectivity index (χ3n) is 6.64. The molecule has 11 heteroatoms. The summed E-state index contributed by atoms with van der Waals surface area (Å²) in [6.45, 7) is 5.67. The molecule has 0 saturated heterocycles. The summed E-state index contributed by atoms with van der Waals surface area (Å²) in [6.07, 6.45) is 2.56. The Bertz CT molecular complexity index is 2040. The first-order valence-corrected chi connectivity index (χ1v) is 13.2. The van der Waals surface area contributed by atoms with Crippen molar-refractivity contribution in [2.45, 2.75) is 32.9 Å². The Kier molecular flexibility index (Phi) is 6.30. The SMILES string of the molecule is COc1ccc(Cn2cc3c(n2)c(=O)n(-c2cccc4c2cnn4C(=O)OC(C)(C)C)c2cc(Cl)c(F)cc32)cc1. The molecule has 0 amide bonds. The minimum Gasteiger partial charge on any atom is -0.497 e. The van der Waals surface area contributed by atoms with Crippen molar-refractivity contribution in [1.29, 1.82) is 0 Å². The number of rotatable bonds is 4. The van der Waals surface area contributed by atoms with Gasteiger partial charge in [-0.3, -0.25) is 14.0 Å². The van der Waals surface area contributed by atoms with Crippen LogP contribution in [0.5, 0.6) is 5.75 Å². The molecular formula is C30H25ClFN5O4. The van der Waals surface area contributed by atoms with Gasteiger partial charge in [-0.15, -0.1) is 0 Å². The van der Waals surface area contributed by atoms with E-state index in [-0.39, 0.29) is 10.5 Å². The van der Waals surface area contributed by atoms with Gasteiger partial charge in [-0.25, -0.2) is 9.18 Å². The number of hydrogen-bond acceptors (Lipinski definition) is 6. The van der Waals surface area contributed by atoms with Crippen molar-refractivity contribution in [3.63, 3.8) is 0 Å². The number of methoxy groups -OCH3 is 1. The molecule has 41 heavy (non-hydrogen) atoms. The number of carbonyl (C=O) groups excluding carboxylic acids is 1. The Morgan fingerprint density at radius 2 is 1.78 bits per heavy atom. The number of ether oxygens (including phenoxy) is 2. The van der Waals surface area contributed by atoms with Crippen LogP contribution in [-0.4, -0.2) is 42.9 Å². The molecule has 0 bridgehead atoms. The quantitative estimate of drug-likeness (QED) is 0.245. The van der Waals surface area contributed by atoms with E-state index in [1.165, 1.54) is 22.9 Å². The molecule has 0 N–H and O–H groups in total. The average Bonchev–Trinajstić information content (AvgIpc) is 3.55. The molecule has 208 valence electrons. The molecule has 0 aliphatic rings. The molecule has 6 aromatic rings. The topological polar surface area (TPSA) is 93.2 Å². The largest absolute Gasteiger partial charge is 0.497 e. The lowest BCUT2D eigenvalue weighted by atomic mass is 10.1. The van der Waals surface area contributed by atoms with Crippen LogP contribution in [0.2, 0.25) is 5.02 Å². The number of aromatic nitrogens is 5. The fraction of sp³-hybridized carbons (Fsp3) is 0.200. The van der Waals surface area contributed by atoms with E-state index in [0.29, 0.717) is 39.4 Å². The number of halogens is 2. The number of carbonyl (C=O) groups is 1. The summed E-state index contributed by atoms with van der Waals surface area (Å²) in [7, 11) is 1.60. The smallest absolute Gasteiger partial charge is 0.435 e. The van der Waals surface area contributed by atoms with Gasteiger partial charge in [0.05, 0.1) is 41.6 Å². The fourth-order valence-corrected chi connectivity index (χ4v) is 5.01. The third-order valence-corrected chi connectivity index (χ3v) is 6.93. The van der Waals surface area contributed by atoms with Gasteiger partial charge in [0.15, 0.2) is 5.52 Å². The fourth-order valence-electron chi connectivity index (χ4n) is 4.85. The molecule has 6 rings (SSSR count). The lowest BCUT2D eigenvalue weighted by Crippen LogP contribution is -2.27. The van der Waals surface area contributed by atoms with Crippen molar-refractivity contribution in [3.05, 3.63) is 93.7 Å². The molecule has 0 atom stereocenters. The predicted octanol–water partition coefficient (Wildman–Crippen LogP) is 6.32. The van der Waals surface area contributed by atoms with Crippen molar-refractivity contribution in [1.82, 2.24) is 24.1 Å². The highest BCUT2D eigenvalue weighted by Crippen LogP contribution is 2.31. The van der Waals surface area contributed by atoms with E-state index in [2.05, 4.69) is 10.2 Å². The summed E-state index contributed by atoms with van der Waals surface area (Å²) < 4.78 is 29.7. The molecule has 0 unspecified atom stereocenters. The Hall–Kier alpha value is -4.70. The molecule has 0 saturated carbocycles. The number of pyridine rings is 1. The van der Waals surface area contributed by atoms with Crippen LogP contribution < -0.4 is 10.3 Å². The standard InChI is InChI=1S/C30H25ClFN5O4/c1-30(2,3)41-29(39)37-25-7-5-6-24(20(25)14-33-37)36-26-13-22(31)23(32)12-19(26)21-16-35(34-27(21)28(36)38)15-17-8-10-18(40-4)11-9-17/h5-14,16H,15H2,1-4H3. The van der Waals surface area contributed by atoms with Crippen LogP contribution in [0.3, 0.4) is 0 Å². The van der Waals surface area contributed by atoms with Gasteiger partial charge >= 0.3 is 6.09 Å². The van der Waals surface area contributed by atoms with Crippen LogP contribution in [0, 0.1) is 5.82 Å². The van der Waals surface area contributed by atoms with Crippen LogP contribution in [0.4, 0.5) is 9.18 Å². The monoisotopic (exact) mass is 573 g/mol. The normalized spacial score (nSPS) is 12.0. The van der Waals surface area contributed by atoms with Crippen LogP contribution in [-0.2, 0) is 11.3 Å². The van der Waals surface area contributed by atoms with Crippen LogP contribution >= 0.6 is 11.6 Å². The third kappa shape index (κ3) is 4.70. The molecule has 3 aromatic carbocycles. The maximum absolute atomic E-state index is 14.8. The van der Waals surface area contributed by atoms with Crippen molar-refractivity contribution in [2.75, 3.05) is 7.11 Å². The first kappa shape index (κ1) is 26.5. The summed E-state index contributed by atoms with van der Waals surface area (Å²) in [5.41, 5.74) is 1.20. The molecule has 3 aromatic heterocycles. The average molecular weight is 574 g/mol. The summed E-state index contributed by atoms with van der Waals surface area (Å²) in [5.74, 6) is 0.106. The summed E-state index contributed by atoms with van der Waals surface area (Å²) >= 11 is 6.21. The number of nitrogens with zero attached hydrogens (tertiary/aromatic N) is 5. The van der Waals surface area contributed by atoms with Crippen molar-refractivity contribution in [3.8, 4) is 11.4 Å². The van der Waals surface area contributed by atoms with Gasteiger partial charge in [0.25, 0.3) is 5.56 Å². The molecule has 3 heterocycles. The molecular weight excluding hydrogens is 549 g/mol. The zero-order valence-electron chi connectivity index (χ0n) is 22.7. The second-order valence-corrected chi connectivity index (χ2v) is 11.0. The molecule has 0 spiro atoms. The maximum Gasteiger partial charge on any atom is 0.435 e. The number of fused-ring (bicyclic) bond motifs is 4. The zero-order valence-corrected chi connectivity index (χ0v) is 23.4. The number of hydrogen-bond donors (Lipinski definition) is 0.